The van der Waals surface area contributed by atoms with Crippen LogP contribution in [0.1, 0.15) is 43.9 Å². The molecule has 0 fully saturated rings. The normalized spacial score (nSPS) is 14.8. The first-order valence-electron chi connectivity index (χ1n) is 6.03. The SMILES string of the molecule is CCCC(C)C(NC)c1ccc(C)cc1F. The Labute approximate surface area is 98.1 Å². The Kier molecular flexibility index (Phi) is 4.94. The Bertz CT molecular complexity index is 336. The maximum Gasteiger partial charge on any atom is 0.128 e. The summed E-state index contributed by atoms with van der Waals surface area (Å²) < 4.78 is 13.8. The summed E-state index contributed by atoms with van der Waals surface area (Å²) in [5.74, 6) is 0.356. The number of hydrogen-bond donors (Lipinski definition) is 1. The molecule has 2 heteroatoms. The van der Waals surface area contributed by atoms with Crippen LogP contribution in [0.25, 0.3) is 0 Å². The molecule has 0 heterocycles. The molecule has 16 heavy (non-hydrogen) atoms. The van der Waals surface area contributed by atoms with E-state index in [1.165, 1.54) is 0 Å². The van der Waals surface area contributed by atoms with Gasteiger partial charge in [0.05, 0.1) is 0 Å². The Morgan fingerprint density at radius 2 is 2.06 bits per heavy atom. The molecule has 0 spiro atoms. The van der Waals surface area contributed by atoms with E-state index in [0.29, 0.717) is 5.92 Å². The first-order chi connectivity index (χ1) is 7.60. The second kappa shape index (κ2) is 6.00. The molecule has 0 aliphatic carbocycles. The molecule has 2 unspecified atom stereocenters. The fraction of sp³-hybridized carbons (Fsp3) is 0.571. The van der Waals surface area contributed by atoms with Crippen molar-refractivity contribution >= 4 is 0 Å². The van der Waals surface area contributed by atoms with Gasteiger partial charge in [-0.25, -0.2) is 4.39 Å². The van der Waals surface area contributed by atoms with E-state index in [0.717, 1.165) is 24.0 Å². The lowest BCUT2D eigenvalue weighted by atomic mass is 9.90. The van der Waals surface area contributed by atoms with Gasteiger partial charge in [0.25, 0.3) is 0 Å². The minimum absolute atomic E-state index is 0.0951. The molecule has 0 aliphatic rings. The molecular formula is C14H22FN. The zero-order chi connectivity index (χ0) is 12.1. The average Bonchev–Trinajstić information content (AvgIpc) is 2.22. The third-order valence-corrected chi connectivity index (χ3v) is 3.12. The zero-order valence-electron chi connectivity index (χ0n) is 10.7. The summed E-state index contributed by atoms with van der Waals surface area (Å²) in [4.78, 5) is 0. The molecule has 90 valence electrons. The maximum atomic E-state index is 13.8. The van der Waals surface area contributed by atoms with Gasteiger partial charge in [0.1, 0.15) is 5.82 Å². The summed E-state index contributed by atoms with van der Waals surface area (Å²) >= 11 is 0. The van der Waals surface area contributed by atoms with Crippen LogP contribution in [0, 0.1) is 18.7 Å². The molecule has 0 saturated heterocycles. The predicted molar refractivity (Wildman–Crippen MR) is 67.0 cm³/mol. The molecular weight excluding hydrogens is 201 g/mol. The van der Waals surface area contributed by atoms with Crippen LogP contribution >= 0.6 is 0 Å². The highest BCUT2D eigenvalue weighted by Gasteiger charge is 2.19. The average molecular weight is 223 g/mol. The minimum Gasteiger partial charge on any atom is -0.313 e. The van der Waals surface area contributed by atoms with Crippen molar-refractivity contribution in [3.05, 3.63) is 35.1 Å². The molecule has 1 N–H and O–H groups in total. The van der Waals surface area contributed by atoms with Crippen molar-refractivity contribution in [1.82, 2.24) is 5.32 Å². The summed E-state index contributed by atoms with van der Waals surface area (Å²) in [7, 11) is 1.90. The van der Waals surface area contributed by atoms with Gasteiger partial charge in [0.2, 0.25) is 0 Å². The van der Waals surface area contributed by atoms with Crippen LogP contribution in [0.15, 0.2) is 18.2 Å². The van der Waals surface area contributed by atoms with E-state index in [4.69, 9.17) is 0 Å². The van der Waals surface area contributed by atoms with Gasteiger partial charge < -0.3 is 5.32 Å². The quantitative estimate of drug-likeness (QED) is 0.800. The smallest absolute Gasteiger partial charge is 0.128 e. The van der Waals surface area contributed by atoms with Gasteiger partial charge in [-0.2, -0.15) is 0 Å². The number of benzene rings is 1. The molecule has 2 atom stereocenters. The summed E-state index contributed by atoms with van der Waals surface area (Å²) in [6.07, 6.45) is 2.24. The van der Waals surface area contributed by atoms with Gasteiger partial charge in [-0.05, 0) is 37.9 Å². The van der Waals surface area contributed by atoms with Gasteiger partial charge in [0.15, 0.2) is 0 Å². The van der Waals surface area contributed by atoms with E-state index in [2.05, 4.69) is 19.2 Å². The zero-order valence-corrected chi connectivity index (χ0v) is 10.7. The van der Waals surface area contributed by atoms with Crippen LogP contribution in [-0.4, -0.2) is 7.05 Å². The fourth-order valence-electron chi connectivity index (χ4n) is 2.25. The van der Waals surface area contributed by atoms with Gasteiger partial charge in [-0.1, -0.05) is 32.4 Å². The lowest BCUT2D eigenvalue weighted by Crippen LogP contribution is -2.24. The summed E-state index contributed by atoms with van der Waals surface area (Å²) in [5, 5.41) is 3.22. The lowest BCUT2D eigenvalue weighted by molar-refractivity contribution is 0.372. The van der Waals surface area contributed by atoms with Crippen LogP contribution < -0.4 is 5.32 Å². The summed E-state index contributed by atoms with van der Waals surface area (Å²) in [6, 6.07) is 5.60. The molecule has 1 nitrogen and oxygen atoms in total. The monoisotopic (exact) mass is 223 g/mol. The van der Waals surface area contributed by atoms with E-state index >= 15 is 0 Å². The number of halogens is 1. The van der Waals surface area contributed by atoms with Crippen molar-refractivity contribution in [3.63, 3.8) is 0 Å². The van der Waals surface area contributed by atoms with Crippen LogP contribution in [-0.2, 0) is 0 Å². The van der Waals surface area contributed by atoms with Gasteiger partial charge in [-0.3, -0.25) is 0 Å². The van der Waals surface area contributed by atoms with Crippen molar-refractivity contribution < 1.29 is 4.39 Å². The van der Waals surface area contributed by atoms with E-state index in [9.17, 15) is 4.39 Å². The largest absolute Gasteiger partial charge is 0.313 e. The molecule has 0 aromatic heterocycles. The molecule has 1 aromatic rings. The molecule has 1 aromatic carbocycles. The first kappa shape index (κ1) is 13.2. The number of hydrogen-bond acceptors (Lipinski definition) is 1. The summed E-state index contributed by atoms with van der Waals surface area (Å²) in [5.41, 5.74) is 1.76. The second-order valence-electron chi connectivity index (χ2n) is 4.56. The highest BCUT2D eigenvalue weighted by Crippen LogP contribution is 2.27. The van der Waals surface area contributed by atoms with E-state index in [-0.39, 0.29) is 11.9 Å². The van der Waals surface area contributed by atoms with Crippen molar-refractivity contribution in [1.29, 1.82) is 0 Å². The van der Waals surface area contributed by atoms with Gasteiger partial charge >= 0.3 is 0 Å². The van der Waals surface area contributed by atoms with E-state index in [1.54, 1.807) is 6.07 Å². The Balaban J connectivity index is 2.94. The van der Waals surface area contributed by atoms with Crippen LogP contribution in [0.2, 0.25) is 0 Å². The van der Waals surface area contributed by atoms with Crippen molar-refractivity contribution in [2.75, 3.05) is 7.05 Å². The van der Waals surface area contributed by atoms with Crippen molar-refractivity contribution in [2.45, 2.75) is 39.7 Å². The van der Waals surface area contributed by atoms with Crippen LogP contribution in [0.3, 0.4) is 0 Å². The van der Waals surface area contributed by atoms with E-state index < -0.39 is 0 Å². The lowest BCUT2D eigenvalue weighted by Gasteiger charge is -2.24. The Morgan fingerprint density at radius 3 is 2.56 bits per heavy atom. The van der Waals surface area contributed by atoms with Gasteiger partial charge in [0, 0.05) is 11.6 Å². The summed E-state index contributed by atoms with van der Waals surface area (Å²) in [6.45, 7) is 6.25. The number of nitrogens with one attached hydrogen (secondary N) is 1. The molecule has 0 aliphatic heterocycles. The third-order valence-electron chi connectivity index (χ3n) is 3.12. The first-order valence-corrected chi connectivity index (χ1v) is 6.03. The third kappa shape index (κ3) is 3.05. The number of aryl methyl sites for hydroxylation is 1. The van der Waals surface area contributed by atoms with E-state index in [1.807, 2.05) is 26.1 Å². The Hall–Kier alpha value is -0.890. The van der Waals surface area contributed by atoms with Crippen molar-refractivity contribution in [3.8, 4) is 0 Å². The topological polar surface area (TPSA) is 12.0 Å². The molecule has 0 amide bonds. The van der Waals surface area contributed by atoms with Crippen LogP contribution in [0.4, 0.5) is 4.39 Å². The fourth-order valence-corrected chi connectivity index (χ4v) is 2.25. The highest BCUT2D eigenvalue weighted by atomic mass is 19.1. The minimum atomic E-state index is -0.0951. The molecule has 1 rings (SSSR count). The van der Waals surface area contributed by atoms with Gasteiger partial charge in [-0.15, -0.1) is 0 Å². The maximum absolute atomic E-state index is 13.8. The van der Waals surface area contributed by atoms with Crippen molar-refractivity contribution in [2.24, 2.45) is 5.92 Å². The Morgan fingerprint density at radius 1 is 1.38 bits per heavy atom. The molecule has 0 radical (unpaired) electrons. The second-order valence-corrected chi connectivity index (χ2v) is 4.56. The molecule has 0 saturated carbocycles. The highest BCUT2D eigenvalue weighted by molar-refractivity contribution is 5.26. The predicted octanol–water partition coefficient (Wildman–Crippen LogP) is 3.83. The number of rotatable bonds is 5. The van der Waals surface area contributed by atoms with Crippen LogP contribution in [0.5, 0.6) is 0 Å². The molecule has 0 bridgehead atoms. The standard InChI is InChI=1S/C14H22FN/c1-5-6-11(3)14(16-4)12-8-7-10(2)9-13(12)15/h7-9,11,14,16H,5-6H2,1-4H3.